The number of nitrogens with zero attached hydrogens (tertiary/aromatic N) is 4. The van der Waals surface area contributed by atoms with Crippen molar-refractivity contribution in [2.45, 2.75) is 40.2 Å². The third-order valence-corrected chi connectivity index (χ3v) is 6.02. The van der Waals surface area contributed by atoms with E-state index in [0.717, 1.165) is 32.1 Å². The van der Waals surface area contributed by atoms with Gasteiger partial charge in [0.05, 0.1) is 0 Å². The SMILES string of the molecule is CC(C)CCN1CCN(c2ccc(N3CCN(C(C)C)CC3)cc2)CC1. The maximum atomic E-state index is 2.62. The fourth-order valence-corrected chi connectivity index (χ4v) is 4.04. The van der Waals surface area contributed by atoms with E-state index in [1.165, 1.54) is 50.5 Å². The van der Waals surface area contributed by atoms with E-state index in [4.69, 9.17) is 0 Å². The van der Waals surface area contributed by atoms with Crippen LogP contribution >= 0.6 is 0 Å². The van der Waals surface area contributed by atoms with Crippen molar-refractivity contribution in [2.75, 3.05) is 68.7 Å². The van der Waals surface area contributed by atoms with Gasteiger partial charge in [0.15, 0.2) is 0 Å². The van der Waals surface area contributed by atoms with Crippen molar-refractivity contribution in [2.24, 2.45) is 5.92 Å². The van der Waals surface area contributed by atoms with Crippen molar-refractivity contribution in [3.8, 4) is 0 Å². The Hall–Kier alpha value is -1.26. The lowest BCUT2D eigenvalue weighted by atomic mass is 10.1. The van der Waals surface area contributed by atoms with Crippen LogP contribution in [0.1, 0.15) is 34.1 Å². The van der Waals surface area contributed by atoms with Gasteiger partial charge in [0, 0.05) is 69.8 Å². The Morgan fingerprint density at radius 2 is 1.15 bits per heavy atom. The van der Waals surface area contributed by atoms with Crippen LogP contribution in [0.25, 0.3) is 0 Å². The number of benzene rings is 1. The molecule has 2 aliphatic rings. The molecule has 146 valence electrons. The molecule has 2 fully saturated rings. The van der Waals surface area contributed by atoms with E-state index in [1.54, 1.807) is 0 Å². The predicted molar refractivity (Wildman–Crippen MR) is 113 cm³/mol. The first-order chi connectivity index (χ1) is 12.5. The first kappa shape index (κ1) is 19.5. The topological polar surface area (TPSA) is 13.0 Å². The Labute approximate surface area is 160 Å². The van der Waals surface area contributed by atoms with E-state index in [0.29, 0.717) is 6.04 Å². The normalized spacial score (nSPS) is 20.4. The monoisotopic (exact) mass is 358 g/mol. The largest absolute Gasteiger partial charge is 0.369 e. The van der Waals surface area contributed by atoms with Crippen molar-refractivity contribution < 1.29 is 0 Å². The molecule has 1 aromatic carbocycles. The number of piperazine rings is 2. The molecule has 4 heteroatoms. The van der Waals surface area contributed by atoms with Crippen molar-refractivity contribution in [1.29, 1.82) is 0 Å². The fraction of sp³-hybridized carbons (Fsp3) is 0.727. The fourth-order valence-electron chi connectivity index (χ4n) is 4.04. The third kappa shape index (κ3) is 5.14. The molecule has 4 nitrogen and oxygen atoms in total. The van der Waals surface area contributed by atoms with Crippen LogP contribution in [0.4, 0.5) is 11.4 Å². The summed E-state index contributed by atoms with van der Waals surface area (Å²) in [5.41, 5.74) is 2.77. The zero-order valence-corrected chi connectivity index (χ0v) is 17.3. The van der Waals surface area contributed by atoms with Crippen molar-refractivity contribution in [3.05, 3.63) is 24.3 Å². The number of hydrogen-bond acceptors (Lipinski definition) is 4. The summed E-state index contributed by atoms with van der Waals surface area (Å²) >= 11 is 0. The minimum Gasteiger partial charge on any atom is -0.369 e. The highest BCUT2D eigenvalue weighted by atomic mass is 15.3. The van der Waals surface area contributed by atoms with Gasteiger partial charge < -0.3 is 9.80 Å². The zero-order valence-electron chi connectivity index (χ0n) is 17.3. The van der Waals surface area contributed by atoms with Crippen molar-refractivity contribution in [1.82, 2.24) is 9.80 Å². The summed E-state index contributed by atoms with van der Waals surface area (Å²) in [6, 6.07) is 9.97. The summed E-state index contributed by atoms with van der Waals surface area (Å²) in [6.07, 6.45) is 1.32. The van der Waals surface area contributed by atoms with Gasteiger partial charge >= 0.3 is 0 Å². The minimum absolute atomic E-state index is 0.665. The van der Waals surface area contributed by atoms with Gasteiger partial charge in [0.2, 0.25) is 0 Å². The van der Waals surface area contributed by atoms with Gasteiger partial charge in [-0.15, -0.1) is 0 Å². The van der Waals surface area contributed by atoms with E-state index >= 15 is 0 Å². The Morgan fingerprint density at radius 3 is 1.58 bits per heavy atom. The summed E-state index contributed by atoms with van der Waals surface area (Å²) in [7, 11) is 0. The second-order valence-electron chi connectivity index (χ2n) is 8.64. The van der Waals surface area contributed by atoms with Crippen LogP contribution < -0.4 is 9.80 Å². The summed E-state index contributed by atoms with van der Waals surface area (Å²) in [5.74, 6) is 0.808. The molecule has 3 rings (SSSR count). The highest BCUT2D eigenvalue weighted by Gasteiger charge is 2.20. The second-order valence-corrected chi connectivity index (χ2v) is 8.64. The van der Waals surface area contributed by atoms with E-state index in [2.05, 4.69) is 71.6 Å². The molecule has 0 saturated carbocycles. The highest BCUT2D eigenvalue weighted by molar-refractivity contribution is 5.56. The van der Waals surface area contributed by atoms with Crippen LogP contribution in [0.2, 0.25) is 0 Å². The molecule has 2 aliphatic heterocycles. The van der Waals surface area contributed by atoms with E-state index < -0.39 is 0 Å². The molecule has 0 amide bonds. The molecule has 0 atom stereocenters. The van der Waals surface area contributed by atoms with E-state index in [-0.39, 0.29) is 0 Å². The van der Waals surface area contributed by atoms with Crippen LogP contribution in [-0.4, -0.2) is 74.7 Å². The molecule has 0 aromatic heterocycles. The van der Waals surface area contributed by atoms with Crippen LogP contribution in [-0.2, 0) is 0 Å². The van der Waals surface area contributed by atoms with Crippen LogP contribution in [0, 0.1) is 5.92 Å². The number of rotatable bonds is 6. The molecule has 0 spiro atoms. The van der Waals surface area contributed by atoms with Crippen molar-refractivity contribution in [3.63, 3.8) is 0 Å². The van der Waals surface area contributed by atoms with Gasteiger partial charge in [-0.25, -0.2) is 0 Å². The summed E-state index contributed by atoms with van der Waals surface area (Å²) < 4.78 is 0. The van der Waals surface area contributed by atoms with Crippen LogP contribution in [0.3, 0.4) is 0 Å². The second kappa shape index (κ2) is 9.09. The third-order valence-electron chi connectivity index (χ3n) is 6.02. The average molecular weight is 359 g/mol. The smallest absolute Gasteiger partial charge is 0.0368 e. The Balaban J connectivity index is 1.48. The molecule has 1 aromatic rings. The maximum Gasteiger partial charge on any atom is 0.0368 e. The molecule has 0 unspecified atom stereocenters. The maximum absolute atomic E-state index is 2.62. The Morgan fingerprint density at radius 1 is 0.692 bits per heavy atom. The standard InChI is InChI=1S/C22H38N4/c1-19(2)9-10-23-11-13-25(14-12-23)21-5-7-22(8-6-21)26-17-15-24(16-18-26)20(3)4/h5-8,19-20H,9-18H2,1-4H3. The lowest BCUT2D eigenvalue weighted by molar-refractivity contribution is 0.209. The van der Waals surface area contributed by atoms with Crippen molar-refractivity contribution >= 4 is 11.4 Å². The van der Waals surface area contributed by atoms with E-state index in [9.17, 15) is 0 Å². The molecule has 2 heterocycles. The lowest BCUT2D eigenvalue weighted by Gasteiger charge is -2.39. The zero-order chi connectivity index (χ0) is 18.5. The molecule has 0 radical (unpaired) electrons. The van der Waals surface area contributed by atoms with E-state index in [1.807, 2.05) is 0 Å². The summed E-state index contributed by atoms with van der Waals surface area (Å²) in [5, 5.41) is 0. The summed E-state index contributed by atoms with van der Waals surface area (Å²) in [6.45, 7) is 19.9. The van der Waals surface area contributed by atoms with Crippen LogP contribution in [0.5, 0.6) is 0 Å². The average Bonchev–Trinajstić information content (AvgIpc) is 2.67. The van der Waals surface area contributed by atoms with Gasteiger partial charge in [-0.05, 0) is 57.0 Å². The van der Waals surface area contributed by atoms with Gasteiger partial charge in [-0.3, -0.25) is 9.80 Å². The summed E-state index contributed by atoms with van der Waals surface area (Å²) in [4.78, 5) is 10.3. The first-order valence-corrected chi connectivity index (χ1v) is 10.6. The van der Waals surface area contributed by atoms with Gasteiger partial charge in [-0.1, -0.05) is 13.8 Å². The van der Waals surface area contributed by atoms with Crippen LogP contribution in [0.15, 0.2) is 24.3 Å². The molecule has 0 aliphatic carbocycles. The first-order valence-electron chi connectivity index (χ1n) is 10.6. The molecule has 0 bridgehead atoms. The molecule has 2 saturated heterocycles. The molecule has 0 N–H and O–H groups in total. The van der Waals surface area contributed by atoms with Gasteiger partial charge in [-0.2, -0.15) is 0 Å². The minimum atomic E-state index is 0.665. The molecule has 26 heavy (non-hydrogen) atoms. The Kier molecular flexibility index (Phi) is 6.82. The van der Waals surface area contributed by atoms with Gasteiger partial charge in [0.1, 0.15) is 0 Å². The highest BCUT2D eigenvalue weighted by Crippen LogP contribution is 2.23. The predicted octanol–water partition coefficient (Wildman–Crippen LogP) is 3.39. The quantitative estimate of drug-likeness (QED) is 0.773. The molecular weight excluding hydrogens is 320 g/mol. The molecular formula is C22H38N4. The number of anilines is 2. The number of hydrogen-bond donors (Lipinski definition) is 0. The lowest BCUT2D eigenvalue weighted by Crippen LogP contribution is -2.49. The Bertz CT molecular complexity index is 524. The van der Waals surface area contributed by atoms with Gasteiger partial charge in [0.25, 0.3) is 0 Å².